The Morgan fingerprint density at radius 3 is 2.82 bits per heavy atom. The number of anilines is 1. The highest BCUT2D eigenvalue weighted by atomic mass is 16.3. The Hall–Kier alpha value is -1.22. The molecule has 3 nitrogen and oxygen atoms in total. The van der Waals surface area contributed by atoms with Crippen molar-refractivity contribution in [2.45, 2.75) is 18.8 Å². The maximum Gasteiger partial charge on any atom is 0.117 e. The fourth-order valence-corrected chi connectivity index (χ4v) is 3.32. The van der Waals surface area contributed by atoms with E-state index in [1.54, 1.807) is 0 Å². The molecule has 0 saturated carbocycles. The highest BCUT2D eigenvalue weighted by Gasteiger charge is 2.33. The Labute approximate surface area is 102 Å². The molecule has 1 aromatic carbocycles. The molecule has 92 valence electrons. The summed E-state index contributed by atoms with van der Waals surface area (Å²) in [5.41, 5.74) is 2.64. The van der Waals surface area contributed by atoms with Gasteiger partial charge in [0.05, 0.1) is 0 Å². The van der Waals surface area contributed by atoms with E-state index in [2.05, 4.69) is 23.3 Å². The molecule has 2 aliphatic heterocycles. The molecule has 3 heteroatoms. The molecule has 2 aliphatic rings. The van der Waals surface area contributed by atoms with E-state index in [9.17, 15) is 5.11 Å². The Morgan fingerprint density at radius 2 is 2.06 bits per heavy atom. The molecule has 2 heterocycles. The molecule has 0 spiro atoms. The second-order valence-electron chi connectivity index (χ2n) is 5.32. The molecule has 2 N–H and O–H groups in total. The Kier molecular flexibility index (Phi) is 2.71. The van der Waals surface area contributed by atoms with Crippen molar-refractivity contribution in [1.82, 2.24) is 5.32 Å². The largest absolute Gasteiger partial charge is 0.508 e. The summed E-state index contributed by atoms with van der Waals surface area (Å²) in [6, 6.07) is 5.84. The van der Waals surface area contributed by atoms with Crippen LogP contribution in [0.15, 0.2) is 18.2 Å². The molecule has 0 aliphatic carbocycles. The quantitative estimate of drug-likeness (QED) is 0.776. The van der Waals surface area contributed by atoms with Crippen LogP contribution in [-0.4, -0.2) is 31.8 Å². The lowest BCUT2D eigenvalue weighted by molar-refractivity contribution is 0.327. The van der Waals surface area contributed by atoms with Crippen molar-refractivity contribution < 1.29 is 5.11 Å². The first-order chi connectivity index (χ1) is 8.25. The van der Waals surface area contributed by atoms with Crippen molar-refractivity contribution in [1.29, 1.82) is 0 Å². The van der Waals surface area contributed by atoms with E-state index in [0.717, 1.165) is 25.6 Å². The zero-order valence-corrected chi connectivity index (χ0v) is 10.3. The Bertz CT molecular complexity index is 413. The number of phenols is 1. The zero-order chi connectivity index (χ0) is 11.8. The zero-order valence-electron chi connectivity index (χ0n) is 10.3. The third-order valence-electron chi connectivity index (χ3n) is 4.25. The highest BCUT2D eigenvalue weighted by molar-refractivity contribution is 5.62. The third-order valence-corrected chi connectivity index (χ3v) is 4.25. The van der Waals surface area contributed by atoms with Gasteiger partial charge in [0.2, 0.25) is 0 Å². The SMILES string of the molecule is CN1CC(C2CCNCC2)c2ccc(O)cc21. The average Bonchev–Trinajstić information content (AvgIpc) is 2.68. The van der Waals surface area contributed by atoms with Crippen LogP contribution in [0.1, 0.15) is 24.3 Å². The molecular formula is C14H20N2O. The first-order valence-electron chi connectivity index (χ1n) is 6.50. The minimum absolute atomic E-state index is 0.376. The van der Waals surface area contributed by atoms with Crippen molar-refractivity contribution >= 4 is 5.69 Å². The lowest BCUT2D eigenvalue weighted by atomic mass is 9.81. The molecule has 1 atom stereocenters. The molecule has 17 heavy (non-hydrogen) atoms. The van der Waals surface area contributed by atoms with Gasteiger partial charge >= 0.3 is 0 Å². The van der Waals surface area contributed by atoms with Gasteiger partial charge in [0.1, 0.15) is 5.75 Å². The van der Waals surface area contributed by atoms with Crippen LogP contribution in [0.2, 0.25) is 0 Å². The fraction of sp³-hybridized carbons (Fsp3) is 0.571. The number of piperidine rings is 1. The van der Waals surface area contributed by atoms with E-state index in [0.29, 0.717) is 11.7 Å². The van der Waals surface area contributed by atoms with Crippen molar-refractivity contribution in [3.05, 3.63) is 23.8 Å². The lowest BCUT2D eigenvalue weighted by Gasteiger charge is -2.28. The summed E-state index contributed by atoms with van der Waals surface area (Å²) < 4.78 is 0. The van der Waals surface area contributed by atoms with Gasteiger partial charge in [-0.15, -0.1) is 0 Å². The van der Waals surface area contributed by atoms with Gasteiger partial charge in [-0.3, -0.25) is 0 Å². The number of fused-ring (bicyclic) bond motifs is 1. The van der Waals surface area contributed by atoms with Gasteiger partial charge in [-0.1, -0.05) is 6.07 Å². The van der Waals surface area contributed by atoms with Crippen molar-refractivity contribution in [3.63, 3.8) is 0 Å². The number of benzene rings is 1. The van der Waals surface area contributed by atoms with Gasteiger partial charge in [0.25, 0.3) is 0 Å². The van der Waals surface area contributed by atoms with Gasteiger partial charge < -0.3 is 15.3 Å². The number of hydrogen-bond acceptors (Lipinski definition) is 3. The molecular weight excluding hydrogens is 212 g/mol. The summed E-state index contributed by atoms with van der Waals surface area (Å²) in [6.07, 6.45) is 2.55. The molecule has 0 bridgehead atoms. The number of hydrogen-bond donors (Lipinski definition) is 2. The van der Waals surface area contributed by atoms with Crippen LogP contribution in [-0.2, 0) is 0 Å². The minimum atomic E-state index is 0.376. The van der Waals surface area contributed by atoms with Gasteiger partial charge in [-0.25, -0.2) is 0 Å². The van der Waals surface area contributed by atoms with Crippen LogP contribution in [0, 0.1) is 5.92 Å². The highest BCUT2D eigenvalue weighted by Crippen LogP contribution is 2.43. The smallest absolute Gasteiger partial charge is 0.117 e. The molecule has 0 amide bonds. The minimum Gasteiger partial charge on any atom is -0.508 e. The number of nitrogens with one attached hydrogen (secondary N) is 1. The average molecular weight is 232 g/mol. The summed E-state index contributed by atoms with van der Waals surface area (Å²) in [4.78, 5) is 2.28. The third kappa shape index (κ3) is 1.89. The molecule has 3 rings (SSSR count). The second-order valence-corrected chi connectivity index (χ2v) is 5.32. The molecule has 1 aromatic rings. The van der Waals surface area contributed by atoms with E-state index in [1.165, 1.54) is 24.1 Å². The van der Waals surface area contributed by atoms with Crippen molar-refractivity contribution in [2.75, 3.05) is 31.6 Å². The van der Waals surface area contributed by atoms with Gasteiger partial charge in [0.15, 0.2) is 0 Å². The molecule has 0 aromatic heterocycles. The molecule has 1 unspecified atom stereocenters. The molecule has 1 saturated heterocycles. The summed E-state index contributed by atoms with van der Waals surface area (Å²) in [6.45, 7) is 3.40. The van der Waals surface area contributed by atoms with Gasteiger partial charge in [0, 0.05) is 31.3 Å². The number of nitrogens with zero attached hydrogens (tertiary/aromatic N) is 1. The van der Waals surface area contributed by atoms with Gasteiger partial charge in [-0.2, -0.15) is 0 Å². The van der Waals surface area contributed by atoms with E-state index in [-0.39, 0.29) is 0 Å². The normalized spacial score (nSPS) is 25.0. The van der Waals surface area contributed by atoms with Gasteiger partial charge in [-0.05, 0) is 43.5 Å². The maximum atomic E-state index is 9.57. The second kappa shape index (κ2) is 4.22. The number of rotatable bonds is 1. The summed E-state index contributed by atoms with van der Waals surface area (Å²) in [7, 11) is 2.12. The van der Waals surface area contributed by atoms with E-state index < -0.39 is 0 Å². The van der Waals surface area contributed by atoms with Crippen LogP contribution in [0.3, 0.4) is 0 Å². The summed E-state index contributed by atoms with van der Waals surface area (Å²) in [5, 5.41) is 13.0. The number of aromatic hydroxyl groups is 1. The van der Waals surface area contributed by atoms with E-state index in [4.69, 9.17) is 0 Å². The van der Waals surface area contributed by atoms with Crippen LogP contribution in [0.25, 0.3) is 0 Å². The van der Waals surface area contributed by atoms with E-state index in [1.807, 2.05) is 12.1 Å². The van der Waals surface area contributed by atoms with Crippen LogP contribution in [0.5, 0.6) is 5.75 Å². The monoisotopic (exact) mass is 232 g/mol. The topological polar surface area (TPSA) is 35.5 Å². The first kappa shape index (κ1) is 10.9. The standard InChI is InChI=1S/C14H20N2O/c1-16-9-13(10-4-6-15-7-5-10)12-3-2-11(17)8-14(12)16/h2-3,8,10,13,15,17H,4-7,9H2,1H3. The Balaban J connectivity index is 1.89. The number of likely N-dealkylation sites (N-methyl/N-ethyl adjacent to an activating group) is 1. The van der Waals surface area contributed by atoms with Crippen LogP contribution < -0.4 is 10.2 Å². The number of phenolic OH excluding ortho intramolecular Hbond substituents is 1. The fourth-order valence-electron chi connectivity index (χ4n) is 3.32. The van der Waals surface area contributed by atoms with Crippen molar-refractivity contribution in [2.24, 2.45) is 5.92 Å². The summed E-state index contributed by atoms with van der Waals surface area (Å²) in [5.74, 6) is 1.82. The molecule has 1 fully saturated rings. The first-order valence-corrected chi connectivity index (χ1v) is 6.50. The van der Waals surface area contributed by atoms with E-state index >= 15 is 0 Å². The van der Waals surface area contributed by atoms with Crippen LogP contribution in [0.4, 0.5) is 5.69 Å². The van der Waals surface area contributed by atoms with Crippen LogP contribution >= 0.6 is 0 Å². The maximum absolute atomic E-state index is 9.57. The Morgan fingerprint density at radius 1 is 1.29 bits per heavy atom. The lowest BCUT2D eigenvalue weighted by Crippen LogP contribution is -2.32. The summed E-state index contributed by atoms with van der Waals surface area (Å²) >= 11 is 0. The molecule has 0 radical (unpaired) electrons. The van der Waals surface area contributed by atoms with Crippen molar-refractivity contribution in [3.8, 4) is 5.75 Å². The predicted molar refractivity (Wildman–Crippen MR) is 69.7 cm³/mol. The predicted octanol–water partition coefficient (Wildman–Crippen LogP) is 1.93.